The Morgan fingerprint density at radius 2 is 2.18 bits per heavy atom. The molecule has 1 N–H and O–H groups in total. The van der Waals surface area contributed by atoms with Crippen molar-refractivity contribution >= 4 is 17.5 Å². The molecule has 0 spiro atoms. The van der Waals surface area contributed by atoms with E-state index in [4.69, 9.17) is 11.6 Å². The highest BCUT2D eigenvalue weighted by atomic mass is 35.5. The largest absolute Gasteiger partial charge is 0.353 e. The zero-order valence-corrected chi connectivity index (χ0v) is 10.4. The van der Waals surface area contributed by atoms with Crippen LogP contribution >= 0.6 is 11.6 Å². The number of hydrogen-bond donors (Lipinski definition) is 1. The molecule has 0 atom stereocenters. The number of imidazole rings is 1. The molecule has 2 aromatic rings. The van der Waals surface area contributed by atoms with E-state index in [0.717, 1.165) is 0 Å². The van der Waals surface area contributed by atoms with Crippen LogP contribution in [0.25, 0.3) is 5.69 Å². The number of benzene rings is 1. The third kappa shape index (κ3) is 2.58. The first-order valence-corrected chi connectivity index (χ1v) is 5.71. The number of anilines is 1. The summed E-state index contributed by atoms with van der Waals surface area (Å²) in [5.41, 5.74) is 0.426. The fraction of sp³-hybridized carbons (Fsp3) is 0.250. The van der Waals surface area contributed by atoms with E-state index in [-0.39, 0.29) is 11.9 Å². The molecular weight excluding hydrogens is 241 g/mol. The van der Waals surface area contributed by atoms with Gasteiger partial charge in [-0.05, 0) is 32.0 Å². The molecule has 1 heterocycles. The lowest BCUT2D eigenvalue weighted by molar-refractivity contribution is 0.618. The fourth-order valence-electron chi connectivity index (χ4n) is 1.54. The molecule has 0 radical (unpaired) electrons. The van der Waals surface area contributed by atoms with Gasteiger partial charge in [0, 0.05) is 23.5 Å². The van der Waals surface area contributed by atoms with Crippen LogP contribution < -0.4 is 5.32 Å². The maximum Gasteiger partial charge on any atom is 0.207 e. The predicted octanol–water partition coefficient (Wildman–Crippen LogP) is 3.49. The van der Waals surface area contributed by atoms with Gasteiger partial charge in [-0.15, -0.1) is 0 Å². The molecule has 0 saturated heterocycles. The minimum atomic E-state index is -0.373. The van der Waals surface area contributed by atoms with Crippen LogP contribution in [0.2, 0.25) is 5.02 Å². The average molecular weight is 254 g/mol. The summed E-state index contributed by atoms with van der Waals surface area (Å²) in [6, 6.07) is 4.80. The van der Waals surface area contributed by atoms with Gasteiger partial charge >= 0.3 is 0 Å². The molecular formula is C12H13ClFN3. The van der Waals surface area contributed by atoms with Crippen LogP contribution in [-0.2, 0) is 0 Å². The highest BCUT2D eigenvalue weighted by molar-refractivity contribution is 6.30. The first kappa shape index (κ1) is 11.9. The van der Waals surface area contributed by atoms with Gasteiger partial charge in [-0.3, -0.25) is 4.57 Å². The lowest BCUT2D eigenvalue weighted by Gasteiger charge is -2.12. The zero-order chi connectivity index (χ0) is 12.4. The van der Waals surface area contributed by atoms with Crippen LogP contribution in [0.4, 0.5) is 10.3 Å². The van der Waals surface area contributed by atoms with Gasteiger partial charge in [-0.25, -0.2) is 9.37 Å². The summed E-state index contributed by atoms with van der Waals surface area (Å²) in [5, 5.41) is 3.53. The van der Waals surface area contributed by atoms with E-state index in [0.29, 0.717) is 16.7 Å². The zero-order valence-electron chi connectivity index (χ0n) is 9.61. The Balaban J connectivity index is 2.42. The molecule has 5 heteroatoms. The average Bonchev–Trinajstić information content (AvgIpc) is 2.65. The molecule has 1 aromatic heterocycles. The summed E-state index contributed by atoms with van der Waals surface area (Å²) in [6.07, 6.45) is 3.33. The third-order valence-electron chi connectivity index (χ3n) is 2.23. The fourth-order valence-corrected chi connectivity index (χ4v) is 1.70. The van der Waals surface area contributed by atoms with Gasteiger partial charge in [0.15, 0.2) is 0 Å². The van der Waals surface area contributed by atoms with Crippen molar-refractivity contribution in [1.29, 1.82) is 0 Å². The molecule has 17 heavy (non-hydrogen) atoms. The number of hydrogen-bond acceptors (Lipinski definition) is 2. The van der Waals surface area contributed by atoms with E-state index >= 15 is 0 Å². The first-order valence-electron chi connectivity index (χ1n) is 5.33. The summed E-state index contributed by atoms with van der Waals surface area (Å²) in [5.74, 6) is 0.239. The van der Waals surface area contributed by atoms with E-state index < -0.39 is 0 Å². The Hall–Kier alpha value is -1.55. The summed E-state index contributed by atoms with van der Waals surface area (Å²) < 4.78 is 15.4. The Bertz CT molecular complexity index is 522. The number of halogens is 2. The van der Waals surface area contributed by atoms with Crippen LogP contribution in [0.1, 0.15) is 13.8 Å². The van der Waals surface area contributed by atoms with Gasteiger partial charge < -0.3 is 5.32 Å². The molecule has 0 saturated carbocycles. The molecule has 0 unspecified atom stereocenters. The highest BCUT2D eigenvalue weighted by Crippen LogP contribution is 2.21. The molecule has 0 aliphatic heterocycles. The van der Waals surface area contributed by atoms with Crippen molar-refractivity contribution in [1.82, 2.24) is 9.55 Å². The Kier molecular flexibility index (Phi) is 3.33. The molecule has 0 amide bonds. The summed E-state index contributed by atoms with van der Waals surface area (Å²) >= 11 is 5.72. The second-order valence-electron chi connectivity index (χ2n) is 4.02. The Morgan fingerprint density at radius 3 is 2.82 bits per heavy atom. The van der Waals surface area contributed by atoms with Gasteiger partial charge in [0.25, 0.3) is 0 Å². The van der Waals surface area contributed by atoms with Crippen LogP contribution in [0, 0.1) is 5.82 Å². The lowest BCUT2D eigenvalue weighted by Crippen LogP contribution is -2.14. The van der Waals surface area contributed by atoms with E-state index in [9.17, 15) is 4.39 Å². The molecule has 3 nitrogen and oxygen atoms in total. The first-order chi connectivity index (χ1) is 8.08. The number of nitrogens with one attached hydrogen (secondary N) is 1. The number of nitrogens with zero attached hydrogens (tertiary/aromatic N) is 2. The Morgan fingerprint density at radius 1 is 1.41 bits per heavy atom. The van der Waals surface area contributed by atoms with E-state index in [1.807, 2.05) is 13.8 Å². The van der Waals surface area contributed by atoms with Gasteiger partial charge in [0.05, 0.1) is 5.69 Å². The number of aromatic nitrogens is 2. The summed E-state index contributed by atoms with van der Waals surface area (Å²) in [4.78, 5) is 4.15. The van der Waals surface area contributed by atoms with Crippen molar-refractivity contribution in [3.05, 3.63) is 41.4 Å². The van der Waals surface area contributed by atoms with E-state index in [2.05, 4.69) is 10.3 Å². The minimum absolute atomic E-state index is 0.228. The molecule has 0 aliphatic carbocycles. The molecule has 90 valence electrons. The molecule has 2 rings (SSSR count). The van der Waals surface area contributed by atoms with Crippen LogP contribution in [0.15, 0.2) is 30.6 Å². The summed E-state index contributed by atoms with van der Waals surface area (Å²) in [6.45, 7) is 3.99. The second kappa shape index (κ2) is 4.75. The van der Waals surface area contributed by atoms with Crippen molar-refractivity contribution in [2.75, 3.05) is 5.32 Å². The topological polar surface area (TPSA) is 29.9 Å². The van der Waals surface area contributed by atoms with Gasteiger partial charge in [-0.2, -0.15) is 0 Å². The molecule has 0 bridgehead atoms. The van der Waals surface area contributed by atoms with Crippen LogP contribution in [0.5, 0.6) is 0 Å². The normalized spacial score (nSPS) is 10.9. The van der Waals surface area contributed by atoms with E-state index in [1.165, 1.54) is 6.07 Å². The van der Waals surface area contributed by atoms with Crippen molar-refractivity contribution in [2.24, 2.45) is 0 Å². The molecule has 0 fully saturated rings. The smallest absolute Gasteiger partial charge is 0.207 e. The molecule has 0 aliphatic rings. The van der Waals surface area contributed by atoms with Gasteiger partial charge in [0.1, 0.15) is 5.82 Å². The minimum Gasteiger partial charge on any atom is -0.353 e. The lowest BCUT2D eigenvalue weighted by atomic mass is 10.3. The van der Waals surface area contributed by atoms with Crippen molar-refractivity contribution in [2.45, 2.75) is 19.9 Å². The standard InChI is InChI=1S/C12H13ClFN3/c1-8(2)16-12-15-5-6-17(12)11-4-3-9(13)7-10(11)14/h3-8H,1-2H3,(H,15,16). The SMILES string of the molecule is CC(C)Nc1nccn1-c1ccc(Cl)cc1F. The van der Waals surface area contributed by atoms with Crippen molar-refractivity contribution in [3.63, 3.8) is 0 Å². The van der Waals surface area contributed by atoms with Crippen molar-refractivity contribution < 1.29 is 4.39 Å². The highest BCUT2D eigenvalue weighted by Gasteiger charge is 2.10. The maximum atomic E-state index is 13.8. The second-order valence-corrected chi connectivity index (χ2v) is 4.45. The van der Waals surface area contributed by atoms with Gasteiger partial charge in [0.2, 0.25) is 5.95 Å². The maximum absolute atomic E-state index is 13.8. The molecule has 1 aromatic carbocycles. The van der Waals surface area contributed by atoms with Crippen molar-refractivity contribution in [3.8, 4) is 5.69 Å². The van der Waals surface area contributed by atoms with Crippen LogP contribution in [0.3, 0.4) is 0 Å². The quantitative estimate of drug-likeness (QED) is 0.908. The monoisotopic (exact) mass is 253 g/mol. The van der Waals surface area contributed by atoms with Gasteiger partial charge in [-0.1, -0.05) is 11.6 Å². The third-order valence-corrected chi connectivity index (χ3v) is 2.46. The van der Waals surface area contributed by atoms with E-state index in [1.54, 1.807) is 29.1 Å². The Labute approximate surface area is 104 Å². The van der Waals surface area contributed by atoms with Crippen LogP contribution in [-0.4, -0.2) is 15.6 Å². The predicted molar refractivity (Wildman–Crippen MR) is 67.3 cm³/mol. The number of rotatable bonds is 3. The summed E-state index contributed by atoms with van der Waals surface area (Å²) in [7, 11) is 0.